The highest BCUT2D eigenvalue weighted by Crippen LogP contribution is 2.38. The van der Waals surface area contributed by atoms with Gasteiger partial charge in [0, 0.05) is 26.2 Å². The Bertz CT molecular complexity index is 1690. The highest BCUT2D eigenvalue weighted by Gasteiger charge is 2.32. The molecule has 1 aliphatic heterocycles. The van der Waals surface area contributed by atoms with Crippen molar-refractivity contribution in [3.63, 3.8) is 0 Å². The Balaban J connectivity index is 1.51. The fourth-order valence-electron chi connectivity index (χ4n) is 4.94. The summed E-state index contributed by atoms with van der Waals surface area (Å²) in [6.45, 7) is 0.550. The molecule has 3 aromatic carbocycles. The number of hydrogen-bond acceptors (Lipinski definition) is 7. The average Bonchev–Trinajstić information content (AvgIpc) is 3.37. The van der Waals surface area contributed by atoms with Crippen LogP contribution in [-0.2, 0) is 6.42 Å². The molecule has 5 aromatic rings. The quantitative estimate of drug-likeness (QED) is 0.376. The van der Waals surface area contributed by atoms with Crippen LogP contribution in [0.15, 0.2) is 82.0 Å². The molecule has 0 bridgehead atoms. The van der Waals surface area contributed by atoms with Crippen LogP contribution in [0.1, 0.15) is 33.1 Å². The van der Waals surface area contributed by atoms with Crippen molar-refractivity contribution < 1.29 is 14.3 Å². The molecule has 0 aliphatic carbocycles. The number of amides is 1. The number of carbonyl (C=O) groups excluding carboxylic acids is 1. The van der Waals surface area contributed by atoms with Crippen molar-refractivity contribution in [3.05, 3.63) is 105 Å². The molecule has 0 unspecified atom stereocenters. The standard InChI is InChI=1S/C29H25N5O4/c1-33(2)28(37)19-13-12-17-14-15-34(24(20(17)16-19)18-8-4-3-5-9-18)29-31-23(25(35)26(36)32-29)27-30-21-10-6-7-11-22(21)38-27/h3-13,16,24,35H,14-15H2,1-2H3,(H,31,32,36)/t24-/m0/s1. The molecule has 0 saturated heterocycles. The molecular weight excluding hydrogens is 482 g/mol. The van der Waals surface area contributed by atoms with E-state index in [9.17, 15) is 14.7 Å². The highest BCUT2D eigenvalue weighted by molar-refractivity contribution is 5.94. The van der Waals surface area contributed by atoms with Gasteiger partial charge in [0.1, 0.15) is 5.52 Å². The summed E-state index contributed by atoms with van der Waals surface area (Å²) in [5.74, 6) is -0.323. The maximum absolute atomic E-state index is 12.9. The number of anilines is 1. The summed E-state index contributed by atoms with van der Waals surface area (Å²) < 4.78 is 5.82. The first kappa shape index (κ1) is 23.5. The van der Waals surface area contributed by atoms with E-state index in [4.69, 9.17) is 4.42 Å². The van der Waals surface area contributed by atoms with Crippen molar-refractivity contribution in [2.75, 3.05) is 25.5 Å². The van der Waals surface area contributed by atoms with Crippen molar-refractivity contribution in [3.8, 4) is 17.3 Å². The molecule has 1 amide bonds. The summed E-state index contributed by atoms with van der Waals surface area (Å²) in [6, 6.07) is 22.5. The molecular formula is C29H25N5O4. The smallest absolute Gasteiger partial charge is 0.295 e. The van der Waals surface area contributed by atoms with Crippen LogP contribution >= 0.6 is 0 Å². The van der Waals surface area contributed by atoms with Gasteiger partial charge in [0.25, 0.3) is 17.4 Å². The SMILES string of the molecule is CN(C)C(=O)c1ccc2c(c1)[C@H](c1ccccc1)N(c1nc(-c3nc4ccccc4o3)c(O)c(=O)[nH]1)CC2. The van der Waals surface area contributed by atoms with Crippen molar-refractivity contribution in [2.45, 2.75) is 12.5 Å². The number of aromatic hydroxyl groups is 1. The van der Waals surface area contributed by atoms with E-state index in [1.54, 1.807) is 31.1 Å². The van der Waals surface area contributed by atoms with E-state index in [0.717, 1.165) is 16.7 Å². The number of H-pyrrole nitrogens is 1. The molecule has 0 fully saturated rings. The van der Waals surface area contributed by atoms with E-state index in [1.165, 1.54) is 0 Å². The monoisotopic (exact) mass is 507 g/mol. The maximum atomic E-state index is 12.9. The number of nitrogens with zero attached hydrogens (tertiary/aromatic N) is 4. The molecule has 6 rings (SSSR count). The average molecular weight is 508 g/mol. The lowest BCUT2D eigenvalue weighted by molar-refractivity contribution is 0.0827. The van der Waals surface area contributed by atoms with Crippen molar-refractivity contribution in [1.82, 2.24) is 19.9 Å². The molecule has 0 saturated carbocycles. The molecule has 3 heterocycles. The number of carbonyl (C=O) groups is 1. The molecule has 2 N–H and O–H groups in total. The summed E-state index contributed by atoms with van der Waals surface area (Å²) in [5, 5.41) is 10.6. The number of nitrogens with one attached hydrogen (secondary N) is 1. The zero-order valence-corrected chi connectivity index (χ0v) is 20.9. The van der Waals surface area contributed by atoms with Gasteiger partial charge >= 0.3 is 0 Å². The molecule has 0 radical (unpaired) electrons. The highest BCUT2D eigenvalue weighted by atomic mass is 16.4. The number of aromatic amines is 1. The Morgan fingerprint density at radius 1 is 1.05 bits per heavy atom. The number of oxazole rings is 1. The van der Waals surface area contributed by atoms with Crippen LogP contribution in [-0.4, -0.2) is 51.5 Å². The van der Waals surface area contributed by atoms with Crippen LogP contribution in [0, 0.1) is 0 Å². The van der Waals surface area contributed by atoms with Crippen LogP contribution in [0.3, 0.4) is 0 Å². The Morgan fingerprint density at radius 2 is 1.82 bits per heavy atom. The van der Waals surface area contributed by atoms with Gasteiger partial charge in [-0.05, 0) is 47.4 Å². The molecule has 190 valence electrons. The first-order chi connectivity index (χ1) is 18.4. The van der Waals surface area contributed by atoms with Gasteiger partial charge in [0.2, 0.25) is 11.7 Å². The van der Waals surface area contributed by atoms with Gasteiger partial charge in [-0.15, -0.1) is 0 Å². The predicted molar refractivity (Wildman–Crippen MR) is 143 cm³/mol. The van der Waals surface area contributed by atoms with Gasteiger partial charge < -0.3 is 19.3 Å². The number of aromatic nitrogens is 3. The number of para-hydroxylation sites is 2. The first-order valence-corrected chi connectivity index (χ1v) is 12.3. The molecule has 1 atom stereocenters. The minimum Gasteiger partial charge on any atom is -0.501 e. The normalized spacial score (nSPS) is 14.9. The van der Waals surface area contributed by atoms with Crippen LogP contribution in [0.2, 0.25) is 0 Å². The van der Waals surface area contributed by atoms with Gasteiger partial charge in [-0.1, -0.05) is 48.5 Å². The van der Waals surface area contributed by atoms with E-state index in [0.29, 0.717) is 29.6 Å². The van der Waals surface area contributed by atoms with E-state index in [-0.39, 0.29) is 29.5 Å². The molecule has 2 aromatic heterocycles. The van der Waals surface area contributed by atoms with Crippen LogP contribution in [0.25, 0.3) is 22.7 Å². The van der Waals surface area contributed by atoms with Crippen LogP contribution < -0.4 is 10.5 Å². The predicted octanol–water partition coefficient (Wildman–Crippen LogP) is 4.14. The van der Waals surface area contributed by atoms with Crippen LogP contribution in [0.4, 0.5) is 5.95 Å². The third kappa shape index (κ3) is 3.98. The molecule has 0 spiro atoms. The minimum absolute atomic E-state index is 0.0332. The third-order valence-corrected chi connectivity index (χ3v) is 6.79. The summed E-state index contributed by atoms with van der Waals surface area (Å²) in [6.07, 6.45) is 0.678. The molecule has 9 nitrogen and oxygen atoms in total. The largest absolute Gasteiger partial charge is 0.501 e. The fourth-order valence-corrected chi connectivity index (χ4v) is 4.94. The van der Waals surface area contributed by atoms with Gasteiger partial charge in [-0.2, -0.15) is 0 Å². The lowest BCUT2D eigenvalue weighted by Gasteiger charge is -2.38. The van der Waals surface area contributed by atoms with Crippen LogP contribution in [0.5, 0.6) is 5.75 Å². The number of benzene rings is 3. The van der Waals surface area contributed by atoms with Crippen molar-refractivity contribution in [2.24, 2.45) is 0 Å². The second-order valence-corrected chi connectivity index (χ2v) is 9.44. The molecule has 38 heavy (non-hydrogen) atoms. The summed E-state index contributed by atoms with van der Waals surface area (Å²) in [7, 11) is 3.45. The Hall–Kier alpha value is -4.92. The van der Waals surface area contributed by atoms with Gasteiger partial charge in [-0.25, -0.2) is 9.97 Å². The maximum Gasteiger partial charge on any atom is 0.295 e. The van der Waals surface area contributed by atoms with Crippen molar-refractivity contribution >= 4 is 23.0 Å². The third-order valence-electron chi connectivity index (χ3n) is 6.79. The van der Waals surface area contributed by atoms with E-state index >= 15 is 0 Å². The zero-order valence-electron chi connectivity index (χ0n) is 20.9. The molecule has 1 aliphatic rings. The summed E-state index contributed by atoms with van der Waals surface area (Å²) >= 11 is 0. The van der Waals surface area contributed by atoms with Gasteiger partial charge in [0.05, 0.1) is 6.04 Å². The van der Waals surface area contributed by atoms with E-state index < -0.39 is 11.3 Å². The topological polar surface area (TPSA) is 116 Å². The van der Waals surface area contributed by atoms with Gasteiger partial charge in [0.15, 0.2) is 11.3 Å². The Labute approximate surface area is 218 Å². The zero-order chi connectivity index (χ0) is 26.4. The summed E-state index contributed by atoms with van der Waals surface area (Å²) in [4.78, 5) is 41.0. The second-order valence-electron chi connectivity index (χ2n) is 9.44. The lowest BCUT2D eigenvalue weighted by Crippen LogP contribution is -2.38. The summed E-state index contributed by atoms with van der Waals surface area (Å²) in [5.41, 5.74) is 4.02. The van der Waals surface area contributed by atoms with Gasteiger partial charge in [-0.3, -0.25) is 14.6 Å². The second kappa shape index (κ2) is 9.19. The lowest BCUT2D eigenvalue weighted by atomic mass is 9.87. The Kier molecular flexibility index (Phi) is 5.68. The minimum atomic E-state index is -0.693. The van der Waals surface area contributed by atoms with Crippen molar-refractivity contribution in [1.29, 1.82) is 0 Å². The number of hydrogen-bond donors (Lipinski definition) is 2. The first-order valence-electron chi connectivity index (χ1n) is 12.3. The fraction of sp³-hybridized carbons (Fsp3) is 0.172. The van der Waals surface area contributed by atoms with E-state index in [1.807, 2.05) is 65.6 Å². The number of fused-ring (bicyclic) bond motifs is 2. The number of rotatable bonds is 4. The Morgan fingerprint density at radius 3 is 2.58 bits per heavy atom. The molecule has 9 heteroatoms. The van der Waals surface area contributed by atoms with E-state index in [2.05, 4.69) is 15.0 Å².